The normalized spacial score (nSPS) is 9.85. The lowest BCUT2D eigenvalue weighted by Crippen LogP contribution is -2.13. The van der Waals surface area contributed by atoms with Gasteiger partial charge < -0.3 is 9.47 Å². The quantitative estimate of drug-likeness (QED) is 0.370. The van der Waals surface area contributed by atoms with Gasteiger partial charge in [-0.3, -0.25) is 10.1 Å². The third-order valence-corrected chi connectivity index (χ3v) is 2.44. The Bertz CT molecular complexity index is 636. The average Bonchev–Trinajstić information content (AvgIpc) is 2.39. The lowest BCUT2D eigenvalue weighted by molar-refractivity contribution is -0.384. The largest absolute Gasteiger partial charge is 0.519 e. The van der Waals surface area contributed by atoms with E-state index in [4.69, 9.17) is 9.47 Å². The summed E-state index contributed by atoms with van der Waals surface area (Å²) >= 11 is 0. The van der Waals surface area contributed by atoms with Crippen molar-refractivity contribution in [3.8, 4) is 11.5 Å². The van der Waals surface area contributed by atoms with Gasteiger partial charge in [0.25, 0.3) is 5.69 Å². The number of carbonyl (C=O) groups is 1. The van der Waals surface area contributed by atoms with Crippen molar-refractivity contribution in [3.05, 3.63) is 64.2 Å². The van der Waals surface area contributed by atoms with Gasteiger partial charge in [-0.2, -0.15) is 0 Å². The predicted molar refractivity (Wildman–Crippen MR) is 70.9 cm³/mol. The van der Waals surface area contributed by atoms with Crippen molar-refractivity contribution in [1.82, 2.24) is 0 Å². The van der Waals surface area contributed by atoms with Crippen molar-refractivity contribution in [2.24, 2.45) is 0 Å². The Kier molecular flexibility index (Phi) is 3.95. The molecule has 2 aromatic rings. The van der Waals surface area contributed by atoms with Crippen LogP contribution in [0.25, 0.3) is 0 Å². The van der Waals surface area contributed by atoms with Crippen LogP contribution < -0.4 is 9.47 Å². The molecular formula is C14H11NO5. The maximum atomic E-state index is 11.5. The summed E-state index contributed by atoms with van der Waals surface area (Å²) in [6, 6.07) is 12.1. The molecular weight excluding hydrogens is 262 g/mol. The summed E-state index contributed by atoms with van der Waals surface area (Å²) in [6.45, 7) is 1.87. The second kappa shape index (κ2) is 5.83. The minimum Gasteiger partial charge on any atom is -0.395 e. The number of nitro benzene ring substituents is 1. The molecule has 0 fully saturated rings. The van der Waals surface area contributed by atoms with Crippen LogP contribution in [0.15, 0.2) is 48.5 Å². The standard InChI is InChI=1S/C14H11NO5/c1-10-3-2-4-13(9-10)20-14(16)19-12-7-5-11(6-8-12)15(17)18/h2-9H,1H3. The molecule has 0 bridgehead atoms. The number of non-ortho nitro benzene ring substituents is 1. The van der Waals surface area contributed by atoms with E-state index >= 15 is 0 Å². The van der Waals surface area contributed by atoms with Gasteiger partial charge in [-0.1, -0.05) is 12.1 Å². The van der Waals surface area contributed by atoms with E-state index in [0.717, 1.165) is 5.56 Å². The van der Waals surface area contributed by atoms with Crippen LogP contribution in [0, 0.1) is 17.0 Å². The fraction of sp³-hybridized carbons (Fsp3) is 0.0714. The van der Waals surface area contributed by atoms with Gasteiger partial charge in [-0.05, 0) is 36.8 Å². The van der Waals surface area contributed by atoms with E-state index in [1.54, 1.807) is 18.2 Å². The van der Waals surface area contributed by atoms with Crippen molar-refractivity contribution in [2.75, 3.05) is 0 Å². The number of benzene rings is 2. The molecule has 2 aromatic carbocycles. The van der Waals surface area contributed by atoms with Gasteiger partial charge >= 0.3 is 6.16 Å². The van der Waals surface area contributed by atoms with Crippen molar-refractivity contribution in [1.29, 1.82) is 0 Å². The minimum absolute atomic E-state index is 0.0793. The van der Waals surface area contributed by atoms with E-state index < -0.39 is 11.1 Å². The van der Waals surface area contributed by atoms with Crippen LogP contribution >= 0.6 is 0 Å². The van der Waals surface area contributed by atoms with Gasteiger partial charge in [0.2, 0.25) is 0 Å². The number of ether oxygens (including phenoxy) is 2. The summed E-state index contributed by atoms with van der Waals surface area (Å²) in [4.78, 5) is 21.5. The van der Waals surface area contributed by atoms with Gasteiger partial charge in [0, 0.05) is 12.1 Å². The van der Waals surface area contributed by atoms with E-state index in [-0.39, 0.29) is 11.4 Å². The summed E-state index contributed by atoms with van der Waals surface area (Å²) in [5.74, 6) is 0.546. The van der Waals surface area contributed by atoms with Crippen LogP contribution in [0.1, 0.15) is 5.56 Å². The SMILES string of the molecule is Cc1cccc(OC(=O)Oc2ccc([N+](=O)[O-])cc2)c1. The van der Waals surface area contributed by atoms with Gasteiger partial charge in [0.05, 0.1) is 4.92 Å². The van der Waals surface area contributed by atoms with Crippen LogP contribution in [0.4, 0.5) is 10.5 Å². The Balaban J connectivity index is 1.99. The second-order valence-electron chi connectivity index (χ2n) is 4.02. The first-order chi connectivity index (χ1) is 9.54. The molecule has 0 spiro atoms. The predicted octanol–water partition coefficient (Wildman–Crippen LogP) is 3.48. The summed E-state index contributed by atoms with van der Waals surface area (Å²) < 4.78 is 9.89. The third-order valence-electron chi connectivity index (χ3n) is 2.44. The maximum absolute atomic E-state index is 11.5. The number of carbonyl (C=O) groups excluding carboxylic acids is 1. The van der Waals surface area contributed by atoms with Crippen LogP contribution in [0.3, 0.4) is 0 Å². The minimum atomic E-state index is -0.899. The first-order valence-corrected chi connectivity index (χ1v) is 5.75. The monoisotopic (exact) mass is 273 g/mol. The van der Waals surface area contributed by atoms with Crippen LogP contribution in [0.2, 0.25) is 0 Å². The van der Waals surface area contributed by atoms with Gasteiger partial charge in [0.1, 0.15) is 11.5 Å². The van der Waals surface area contributed by atoms with Crippen LogP contribution in [-0.2, 0) is 0 Å². The number of nitro groups is 1. The number of nitrogens with zero attached hydrogens (tertiary/aromatic N) is 1. The molecule has 0 radical (unpaired) electrons. The van der Waals surface area contributed by atoms with Gasteiger partial charge in [-0.25, -0.2) is 4.79 Å². The van der Waals surface area contributed by atoms with Gasteiger partial charge in [-0.15, -0.1) is 0 Å². The molecule has 0 amide bonds. The second-order valence-corrected chi connectivity index (χ2v) is 4.02. The summed E-state index contributed by atoms with van der Waals surface area (Å²) in [7, 11) is 0. The maximum Gasteiger partial charge on any atom is 0.519 e. The van der Waals surface area contributed by atoms with Crippen molar-refractivity contribution >= 4 is 11.8 Å². The third kappa shape index (κ3) is 3.55. The summed E-state index contributed by atoms with van der Waals surface area (Å²) in [5.41, 5.74) is 0.870. The van der Waals surface area contributed by atoms with E-state index in [9.17, 15) is 14.9 Å². The zero-order valence-corrected chi connectivity index (χ0v) is 10.6. The first kappa shape index (κ1) is 13.5. The number of hydrogen-bond acceptors (Lipinski definition) is 5. The highest BCUT2D eigenvalue weighted by atomic mass is 16.7. The zero-order chi connectivity index (χ0) is 14.5. The molecule has 20 heavy (non-hydrogen) atoms. The Morgan fingerprint density at radius 1 is 1.05 bits per heavy atom. The molecule has 0 N–H and O–H groups in total. The van der Waals surface area contributed by atoms with Crippen LogP contribution in [0.5, 0.6) is 11.5 Å². The van der Waals surface area contributed by atoms with E-state index in [0.29, 0.717) is 5.75 Å². The molecule has 0 aliphatic carbocycles. The highest BCUT2D eigenvalue weighted by molar-refractivity contribution is 5.67. The fourth-order valence-corrected chi connectivity index (χ4v) is 1.53. The average molecular weight is 273 g/mol. The highest BCUT2D eigenvalue weighted by Gasteiger charge is 2.10. The van der Waals surface area contributed by atoms with Gasteiger partial charge in [0.15, 0.2) is 0 Å². The number of hydrogen-bond donors (Lipinski definition) is 0. The number of rotatable bonds is 3. The first-order valence-electron chi connectivity index (χ1n) is 5.75. The molecule has 2 rings (SSSR count). The molecule has 0 unspecified atom stereocenters. The Hall–Kier alpha value is -2.89. The molecule has 0 aromatic heterocycles. The van der Waals surface area contributed by atoms with E-state index in [1.165, 1.54) is 24.3 Å². The van der Waals surface area contributed by atoms with Crippen LogP contribution in [-0.4, -0.2) is 11.1 Å². The molecule has 0 heterocycles. The molecule has 6 nitrogen and oxygen atoms in total. The smallest absolute Gasteiger partial charge is 0.395 e. The van der Waals surface area contributed by atoms with Crippen molar-refractivity contribution < 1.29 is 19.2 Å². The van der Waals surface area contributed by atoms with E-state index in [2.05, 4.69) is 0 Å². The van der Waals surface area contributed by atoms with E-state index in [1.807, 2.05) is 13.0 Å². The number of aryl methyl sites for hydroxylation is 1. The fourth-order valence-electron chi connectivity index (χ4n) is 1.53. The topological polar surface area (TPSA) is 78.7 Å². The molecule has 0 saturated carbocycles. The zero-order valence-electron chi connectivity index (χ0n) is 10.6. The molecule has 0 saturated heterocycles. The summed E-state index contributed by atoms with van der Waals surface area (Å²) in [5, 5.41) is 10.5. The summed E-state index contributed by atoms with van der Waals surface area (Å²) in [6.07, 6.45) is -0.899. The molecule has 0 atom stereocenters. The lowest BCUT2D eigenvalue weighted by Gasteiger charge is -2.05. The van der Waals surface area contributed by atoms with Crippen molar-refractivity contribution in [3.63, 3.8) is 0 Å². The Labute approximate surface area is 114 Å². The molecule has 0 aliphatic heterocycles. The Morgan fingerprint density at radius 2 is 1.70 bits per heavy atom. The molecule has 102 valence electrons. The molecule has 0 aliphatic rings. The Morgan fingerprint density at radius 3 is 2.30 bits per heavy atom. The molecule has 6 heteroatoms. The highest BCUT2D eigenvalue weighted by Crippen LogP contribution is 2.19. The van der Waals surface area contributed by atoms with Crippen molar-refractivity contribution in [2.45, 2.75) is 6.92 Å². The lowest BCUT2D eigenvalue weighted by atomic mass is 10.2.